The number of hydrogen-bond acceptors (Lipinski definition) is 6. The molecule has 0 amide bonds. The number of rotatable bonds is 8. The number of aromatic nitrogens is 3. The third kappa shape index (κ3) is 4.39. The maximum atomic E-state index is 5.71. The van der Waals surface area contributed by atoms with Crippen molar-refractivity contribution in [1.29, 1.82) is 0 Å². The SMILES string of the molecule is CCOc1ccc(/C=N\n2c(Cc3cccs3)n[nH]c2=S)c(OCC)c1. The summed E-state index contributed by atoms with van der Waals surface area (Å²) in [4.78, 5) is 1.20. The maximum Gasteiger partial charge on any atom is 0.216 e. The topological polar surface area (TPSA) is 64.4 Å². The van der Waals surface area contributed by atoms with E-state index < -0.39 is 0 Å². The van der Waals surface area contributed by atoms with E-state index in [1.165, 1.54) is 4.88 Å². The van der Waals surface area contributed by atoms with E-state index in [2.05, 4.69) is 21.4 Å². The molecular formula is C18H20N4O2S2. The highest BCUT2D eigenvalue weighted by Crippen LogP contribution is 2.24. The zero-order valence-electron chi connectivity index (χ0n) is 14.6. The summed E-state index contributed by atoms with van der Waals surface area (Å²) in [5, 5.41) is 13.6. The molecule has 0 saturated heterocycles. The van der Waals surface area contributed by atoms with Crippen LogP contribution >= 0.6 is 23.6 Å². The van der Waals surface area contributed by atoms with Gasteiger partial charge in [0.1, 0.15) is 11.5 Å². The molecule has 136 valence electrons. The van der Waals surface area contributed by atoms with Crippen LogP contribution in [0, 0.1) is 4.77 Å². The van der Waals surface area contributed by atoms with Crippen molar-refractivity contribution in [1.82, 2.24) is 14.9 Å². The third-order valence-electron chi connectivity index (χ3n) is 3.54. The van der Waals surface area contributed by atoms with Gasteiger partial charge in [0.15, 0.2) is 5.82 Å². The van der Waals surface area contributed by atoms with E-state index >= 15 is 0 Å². The lowest BCUT2D eigenvalue weighted by Crippen LogP contribution is -2.01. The molecule has 1 aromatic carbocycles. The molecule has 1 N–H and O–H groups in total. The van der Waals surface area contributed by atoms with Crippen LogP contribution in [0.25, 0.3) is 0 Å². The Labute approximate surface area is 161 Å². The molecule has 2 aromatic heterocycles. The number of aromatic amines is 1. The quantitative estimate of drug-likeness (QED) is 0.462. The minimum absolute atomic E-state index is 0.455. The van der Waals surface area contributed by atoms with Gasteiger partial charge in [0.25, 0.3) is 0 Å². The van der Waals surface area contributed by atoms with Gasteiger partial charge in [-0.2, -0.15) is 14.9 Å². The van der Waals surface area contributed by atoms with Crippen LogP contribution in [0.4, 0.5) is 0 Å². The summed E-state index contributed by atoms with van der Waals surface area (Å²) >= 11 is 6.98. The summed E-state index contributed by atoms with van der Waals surface area (Å²) in [7, 11) is 0. The van der Waals surface area contributed by atoms with Gasteiger partial charge in [0, 0.05) is 22.9 Å². The molecule has 0 radical (unpaired) electrons. The van der Waals surface area contributed by atoms with Crippen molar-refractivity contribution >= 4 is 29.8 Å². The van der Waals surface area contributed by atoms with Crippen LogP contribution in [-0.4, -0.2) is 34.3 Å². The number of ether oxygens (including phenoxy) is 2. The molecule has 0 aliphatic heterocycles. The van der Waals surface area contributed by atoms with Gasteiger partial charge in [-0.3, -0.25) is 5.10 Å². The lowest BCUT2D eigenvalue weighted by Gasteiger charge is -2.10. The first-order valence-corrected chi connectivity index (χ1v) is 9.62. The van der Waals surface area contributed by atoms with Gasteiger partial charge >= 0.3 is 0 Å². The molecule has 2 heterocycles. The Bertz CT molecular complexity index is 929. The first-order valence-electron chi connectivity index (χ1n) is 8.34. The van der Waals surface area contributed by atoms with Crippen molar-refractivity contribution in [3.8, 4) is 11.5 Å². The standard InChI is InChI=1S/C18H20N4O2S2/c1-3-23-14-8-7-13(16(10-14)24-4-2)12-19-22-17(20-21-18(22)25)11-15-6-5-9-26-15/h5-10,12H,3-4,11H2,1-2H3,(H,21,25)/b19-12-. The van der Waals surface area contributed by atoms with Crippen LogP contribution in [0.1, 0.15) is 30.1 Å². The molecule has 0 unspecified atom stereocenters. The number of H-pyrrole nitrogens is 1. The molecule has 0 bridgehead atoms. The van der Waals surface area contributed by atoms with E-state index in [0.717, 1.165) is 22.9 Å². The number of nitrogens with zero attached hydrogens (tertiary/aromatic N) is 3. The molecule has 0 saturated carbocycles. The molecule has 26 heavy (non-hydrogen) atoms. The van der Waals surface area contributed by atoms with E-state index in [0.29, 0.717) is 24.4 Å². The van der Waals surface area contributed by atoms with Crippen LogP contribution in [-0.2, 0) is 6.42 Å². The summed E-state index contributed by atoms with van der Waals surface area (Å²) in [6, 6.07) is 9.77. The molecule has 0 fully saturated rings. The van der Waals surface area contributed by atoms with E-state index in [1.807, 2.05) is 43.5 Å². The Hall–Kier alpha value is -2.45. The van der Waals surface area contributed by atoms with E-state index in [-0.39, 0.29) is 0 Å². The van der Waals surface area contributed by atoms with Crippen molar-refractivity contribution in [2.45, 2.75) is 20.3 Å². The lowest BCUT2D eigenvalue weighted by molar-refractivity contribution is 0.323. The Morgan fingerprint density at radius 3 is 2.85 bits per heavy atom. The fraction of sp³-hybridized carbons (Fsp3) is 0.278. The average molecular weight is 389 g/mol. The fourth-order valence-electron chi connectivity index (χ4n) is 2.41. The fourth-order valence-corrected chi connectivity index (χ4v) is 3.30. The van der Waals surface area contributed by atoms with Crippen LogP contribution < -0.4 is 9.47 Å². The maximum absolute atomic E-state index is 5.71. The largest absolute Gasteiger partial charge is 0.494 e. The second kappa shape index (κ2) is 8.77. The smallest absolute Gasteiger partial charge is 0.216 e. The summed E-state index contributed by atoms with van der Waals surface area (Å²) in [6.45, 7) is 5.06. The molecule has 6 nitrogen and oxygen atoms in total. The van der Waals surface area contributed by atoms with Crippen LogP contribution in [0.2, 0.25) is 0 Å². The van der Waals surface area contributed by atoms with Gasteiger partial charge in [0.05, 0.1) is 19.4 Å². The van der Waals surface area contributed by atoms with Crippen LogP contribution in [0.5, 0.6) is 11.5 Å². The Balaban J connectivity index is 1.88. The van der Waals surface area contributed by atoms with Gasteiger partial charge < -0.3 is 9.47 Å². The minimum atomic E-state index is 0.455. The van der Waals surface area contributed by atoms with Crippen molar-refractivity contribution in [2.75, 3.05) is 13.2 Å². The highest BCUT2D eigenvalue weighted by Gasteiger charge is 2.08. The van der Waals surface area contributed by atoms with E-state index in [4.69, 9.17) is 21.7 Å². The highest BCUT2D eigenvalue weighted by atomic mass is 32.1. The lowest BCUT2D eigenvalue weighted by atomic mass is 10.2. The molecule has 0 spiro atoms. The average Bonchev–Trinajstić information content (AvgIpc) is 3.26. The van der Waals surface area contributed by atoms with Gasteiger partial charge in [-0.25, -0.2) is 0 Å². The molecule has 8 heteroatoms. The molecule has 3 rings (SSSR count). The minimum Gasteiger partial charge on any atom is -0.494 e. The van der Waals surface area contributed by atoms with E-state index in [9.17, 15) is 0 Å². The predicted molar refractivity (Wildman–Crippen MR) is 106 cm³/mol. The first kappa shape index (κ1) is 18.3. The first-order chi connectivity index (χ1) is 12.7. The van der Waals surface area contributed by atoms with Crippen molar-refractivity contribution in [3.05, 3.63) is 56.7 Å². The van der Waals surface area contributed by atoms with Gasteiger partial charge in [-0.15, -0.1) is 11.3 Å². The Morgan fingerprint density at radius 2 is 2.12 bits per heavy atom. The van der Waals surface area contributed by atoms with Crippen molar-refractivity contribution < 1.29 is 9.47 Å². The number of thiophene rings is 1. The number of nitrogens with one attached hydrogen (secondary N) is 1. The highest BCUT2D eigenvalue weighted by molar-refractivity contribution is 7.71. The zero-order valence-corrected chi connectivity index (χ0v) is 16.3. The summed E-state index contributed by atoms with van der Waals surface area (Å²) in [5.41, 5.74) is 0.848. The summed E-state index contributed by atoms with van der Waals surface area (Å²) in [5.74, 6) is 2.25. The predicted octanol–water partition coefficient (Wildman–Crippen LogP) is 4.27. The van der Waals surface area contributed by atoms with Gasteiger partial charge in [-0.1, -0.05) is 6.07 Å². The number of hydrogen-bond donors (Lipinski definition) is 1. The van der Waals surface area contributed by atoms with Gasteiger partial charge in [0.2, 0.25) is 4.77 Å². The third-order valence-corrected chi connectivity index (χ3v) is 4.68. The van der Waals surface area contributed by atoms with Gasteiger partial charge in [-0.05, 0) is 49.6 Å². The number of benzene rings is 1. The molecule has 0 atom stereocenters. The van der Waals surface area contributed by atoms with Crippen LogP contribution in [0.15, 0.2) is 40.8 Å². The Morgan fingerprint density at radius 1 is 1.27 bits per heavy atom. The van der Waals surface area contributed by atoms with E-state index in [1.54, 1.807) is 22.2 Å². The summed E-state index contributed by atoms with van der Waals surface area (Å²) in [6.07, 6.45) is 2.40. The van der Waals surface area contributed by atoms with Crippen molar-refractivity contribution in [2.24, 2.45) is 5.10 Å². The normalized spacial score (nSPS) is 11.2. The van der Waals surface area contributed by atoms with Crippen LogP contribution in [0.3, 0.4) is 0 Å². The molecular weight excluding hydrogens is 368 g/mol. The monoisotopic (exact) mass is 388 g/mol. The molecule has 0 aliphatic rings. The second-order valence-electron chi connectivity index (χ2n) is 5.32. The molecule has 3 aromatic rings. The second-order valence-corrected chi connectivity index (χ2v) is 6.74. The zero-order chi connectivity index (χ0) is 18.4. The van der Waals surface area contributed by atoms with Crippen molar-refractivity contribution in [3.63, 3.8) is 0 Å². The summed E-state index contributed by atoms with van der Waals surface area (Å²) < 4.78 is 13.3. The molecule has 0 aliphatic carbocycles. The Kier molecular flexibility index (Phi) is 6.19.